The molecule has 0 atom stereocenters. The fraction of sp³-hybridized carbons (Fsp3) is 1.00. The first-order valence-corrected chi connectivity index (χ1v) is 5.08. The zero-order valence-corrected chi connectivity index (χ0v) is 8.69. The molecule has 0 spiro atoms. The molecule has 1 aliphatic carbocycles. The van der Waals surface area contributed by atoms with Crippen LogP contribution in [0.25, 0.3) is 0 Å². The summed E-state index contributed by atoms with van der Waals surface area (Å²) >= 11 is 0. The molecular weight excluding hydrogens is 148 g/mol. The van der Waals surface area contributed by atoms with Gasteiger partial charge in [-0.05, 0) is 34.0 Å². The summed E-state index contributed by atoms with van der Waals surface area (Å²) in [5, 5.41) is 3.48. The summed E-state index contributed by atoms with van der Waals surface area (Å²) in [7, 11) is 6.45. The van der Waals surface area contributed by atoms with Gasteiger partial charge in [0, 0.05) is 0 Å². The van der Waals surface area contributed by atoms with Crippen LogP contribution in [0.3, 0.4) is 0 Å². The average molecular weight is 170 g/mol. The first kappa shape index (κ1) is 10.0. The quantitative estimate of drug-likeness (QED) is 0.502. The largest absolute Gasteiger partial charge is 0.302 e. The van der Waals surface area contributed by atoms with Crippen LogP contribution in [0.15, 0.2) is 0 Å². The third-order valence-corrected chi connectivity index (χ3v) is 3.25. The standard InChI is InChI=1S/C10H22N2/c1-11-10(12(2)3)8-6-4-5-7-9-10/h11H,4-9H2,1-3H3. The Morgan fingerprint density at radius 1 is 1.00 bits per heavy atom. The van der Waals surface area contributed by atoms with Crippen molar-refractivity contribution < 1.29 is 0 Å². The summed E-state index contributed by atoms with van der Waals surface area (Å²) in [6.45, 7) is 0. The zero-order valence-electron chi connectivity index (χ0n) is 8.69. The van der Waals surface area contributed by atoms with E-state index in [1.165, 1.54) is 38.5 Å². The molecule has 1 fully saturated rings. The van der Waals surface area contributed by atoms with Gasteiger partial charge in [0.15, 0.2) is 0 Å². The lowest BCUT2D eigenvalue weighted by Crippen LogP contribution is -2.54. The SMILES string of the molecule is CNC1(N(C)C)CCCCCC1. The lowest BCUT2D eigenvalue weighted by Gasteiger charge is -2.39. The third-order valence-electron chi connectivity index (χ3n) is 3.25. The van der Waals surface area contributed by atoms with Crippen molar-refractivity contribution in [2.75, 3.05) is 21.1 Å². The Hall–Kier alpha value is -0.0800. The Kier molecular flexibility index (Phi) is 3.53. The van der Waals surface area contributed by atoms with Crippen molar-refractivity contribution in [2.24, 2.45) is 0 Å². The molecule has 0 aliphatic heterocycles. The van der Waals surface area contributed by atoms with E-state index in [1.807, 2.05) is 0 Å². The Morgan fingerprint density at radius 2 is 1.50 bits per heavy atom. The number of nitrogens with one attached hydrogen (secondary N) is 1. The molecule has 0 aromatic rings. The molecule has 0 radical (unpaired) electrons. The van der Waals surface area contributed by atoms with Crippen LogP contribution in [0.4, 0.5) is 0 Å². The predicted molar refractivity (Wildman–Crippen MR) is 53.2 cm³/mol. The lowest BCUT2D eigenvalue weighted by molar-refractivity contribution is 0.0982. The van der Waals surface area contributed by atoms with Gasteiger partial charge in [0.25, 0.3) is 0 Å². The van der Waals surface area contributed by atoms with Crippen molar-refractivity contribution in [3.05, 3.63) is 0 Å². The van der Waals surface area contributed by atoms with Gasteiger partial charge in [-0.3, -0.25) is 4.90 Å². The second-order valence-corrected chi connectivity index (χ2v) is 4.09. The summed E-state index contributed by atoms with van der Waals surface area (Å²) in [6, 6.07) is 0. The summed E-state index contributed by atoms with van der Waals surface area (Å²) in [5.41, 5.74) is 0.288. The molecule has 72 valence electrons. The van der Waals surface area contributed by atoms with E-state index in [1.54, 1.807) is 0 Å². The van der Waals surface area contributed by atoms with Crippen LogP contribution in [0.2, 0.25) is 0 Å². The van der Waals surface area contributed by atoms with Crippen molar-refractivity contribution >= 4 is 0 Å². The first-order chi connectivity index (χ1) is 5.71. The van der Waals surface area contributed by atoms with Crippen LogP contribution < -0.4 is 5.32 Å². The smallest absolute Gasteiger partial charge is 0.0705 e. The van der Waals surface area contributed by atoms with E-state index in [0.717, 1.165) is 0 Å². The maximum atomic E-state index is 3.48. The van der Waals surface area contributed by atoms with Crippen LogP contribution in [0, 0.1) is 0 Å². The maximum absolute atomic E-state index is 3.48. The molecule has 0 heterocycles. The number of hydrogen-bond acceptors (Lipinski definition) is 2. The Morgan fingerprint density at radius 3 is 1.83 bits per heavy atom. The van der Waals surface area contributed by atoms with E-state index in [4.69, 9.17) is 0 Å². The molecule has 12 heavy (non-hydrogen) atoms. The van der Waals surface area contributed by atoms with Crippen LogP contribution >= 0.6 is 0 Å². The summed E-state index contributed by atoms with van der Waals surface area (Å²) in [5.74, 6) is 0. The molecule has 1 N–H and O–H groups in total. The Labute approximate surface area is 76.3 Å². The minimum absolute atomic E-state index is 0.288. The topological polar surface area (TPSA) is 15.3 Å². The molecule has 2 heteroatoms. The molecule has 1 saturated carbocycles. The highest BCUT2D eigenvalue weighted by Crippen LogP contribution is 2.27. The number of rotatable bonds is 2. The zero-order chi connectivity index (χ0) is 9.03. The van der Waals surface area contributed by atoms with Gasteiger partial charge in [-0.15, -0.1) is 0 Å². The van der Waals surface area contributed by atoms with Crippen LogP contribution in [-0.2, 0) is 0 Å². The molecule has 0 bridgehead atoms. The van der Waals surface area contributed by atoms with Gasteiger partial charge in [0.1, 0.15) is 0 Å². The first-order valence-electron chi connectivity index (χ1n) is 5.08. The minimum atomic E-state index is 0.288. The van der Waals surface area contributed by atoms with E-state index in [-0.39, 0.29) is 5.66 Å². The summed E-state index contributed by atoms with van der Waals surface area (Å²) in [6.07, 6.45) is 8.18. The maximum Gasteiger partial charge on any atom is 0.0705 e. The fourth-order valence-corrected chi connectivity index (χ4v) is 2.23. The third kappa shape index (κ3) is 1.99. The van der Waals surface area contributed by atoms with Crippen molar-refractivity contribution in [3.8, 4) is 0 Å². The van der Waals surface area contributed by atoms with Gasteiger partial charge in [-0.1, -0.05) is 25.7 Å². The Bertz CT molecular complexity index is 124. The fourth-order valence-electron chi connectivity index (χ4n) is 2.23. The molecule has 1 aliphatic rings. The van der Waals surface area contributed by atoms with Gasteiger partial charge in [-0.25, -0.2) is 0 Å². The molecule has 0 aromatic carbocycles. The summed E-state index contributed by atoms with van der Waals surface area (Å²) in [4.78, 5) is 2.35. The lowest BCUT2D eigenvalue weighted by atomic mass is 9.99. The van der Waals surface area contributed by atoms with Gasteiger partial charge >= 0.3 is 0 Å². The monoisotopic (exact) mass is 170 g/mol. The summed E-state index contributed by atoms with van der Waals surface area (Å²) < 4.78 is 0. The normalized spacial score (nSPS) is 24.0. The van der Waals surface area contributed by atoms with Crippen molar-refractivity contribution in [1.29, 1.82) is 0 Å². The minimum Gasteiger partial charge on any atom is -0.302 e. The average Bonchev–Trinajstić information content (AvgIpc) is 2.29. The molecule has 0 amide bonds. The highest BCUT2D eigenvalue weighted by Gasteiger charge is 2.30. The predicted octanol–water partition coefficient (Wildman–Crippen LogP) is 1.82. The van der Waals surface area contributed by atoms with E-state index in [0.29, 0.717) is 0 Å². The number of nitrogens with zero attached hydrogens (tertiary/aromatic N) is 1. The van der Waals surface area contributed by atoms with Gasteiger partial charge < -0.3 is 5.32 Å². The molecule has 1 rings (SSSR count). The highest BCUT2D eigenvalue weighted by molar-refractivity contribution is 4.85. The van der Waals surface area contributed by atoms with Crippen molar-refractivity contribution in [2.45, 2.75) is 44.2 Å². The van der Waals surface area contributed by atoms with Crippen molar-refractivity contribution in [3.63, 3.8) is 0 Å². The molecular formula is C10H22N2. The van der Waals surface area contributed by atoms with E-state index >= 15 is 0 Å². The van der Waals surface area contributed by atoms with Crippen molar-refractivity contribution in [1.82, 2.24) is 10.2 Å². The van der Waals surface area contributed by atoms with Gasteiger partial charge in [0.05, 0.1) is 5.66 Å². The van der Waals surface area contributed by atoms with Crippen LogP contribution in [-0.4, -0.2) is 31.7 Å². The molecule has 0 saturated heterocycles. The second kappa shape index (κ2) is 4.24. The van der Waals surface area contributed by atoms with E-state index in [9.17, 15) is 0 Å². The van der Waals surface area contributed by atoms with E-state index < -0.39 is 0 Å². The van der Waals surface area contributed by atoms with Gasteiger partial charge in [0.2, 0.25) is 0 Å². The molecule has 0 aromatic heterocycles. The second-order valence-electron chi connectivity index (χ2n) is 4.09. The highest BCUT2D eigenvalue weighted by atomic mass is 15.3. The Balaban J connectivity index is 2.61. The van der Waals surface area contributed by atoms with Crippen LogP contribution in [0.1, 0.15) is 38.5 Å². The number of hydrogen-bond donors (Lipinski definition) is 1. The van der Waals surface area contributed by atoms with Crippen LogP contribution in [0.5, 0.6) is 0 Å². The molecule has 2 nitrogen and oxygen atoms in total. The van der Waals surface area contributed by atoms with E-state index in [2.05, 4.69) is 31.4 Å². The van der Waals surface area contributed by atoms with Gasteiger partial charge in [-0.2, -0.15) is 0 Å². The molecule has 0 unspecified atom stereocenters.